The first-order valence-corrected chi connectivity index (χ1v) is 4.72. The number of carbonyl (C=O) groups is 1. The lowest BCUT2D eigenvalue weighted by Gasteiger charge is -2.15. The Kier molecular flexibility index (Phi) is 2.62. The molecule has 0 aromatic heterocycles. The van der Waals surface area contributed by atoms with E-state index in [2.05, 4.69) is 24.2 Å². The maximum atomic E-state index is 10.4. The van der Waals surface area contributed by atoms with Crippen molar-refractivity contribution in [2.75, 3.05) is 12.3 Å². The van der Waals surface area contributed by atoms with Crippen LogP contribution >= 0.6 is 11.8 Å². The Bertz CT molecular complexity index is 225. The van der Waals surface area contributed by atoms with Gasteiger partial charge in [-0.1, -0.05) is 11.8 Å². The summed E-state index contributed by atoms with van der Waals surface area (Å²) >= 11 is 1.62. The lowest BCUT2D eigenvalue weighted by molar-refractivity contribution is -0.116. The highest BCUT2D eigenvalue weighted by Crippen LogP contribution is 2.21. The molecule has 4 nitrogen and oxygen atoms in total. The lowest BCUT2D eigenvalue weighted by Crippen LogP contribution is -2.37. The summed E-state index contributed by atoms with van der Waals surface area (Å²) in [5.74, 6) is 0.583. The summed E-state index contributed by atoms with van der Waals surface area (Å²) in [6.45, 7) is 4.25. The summed E-state index contributed by atoms with van der Waals surface area (Å²) in [6, 6.07) is 0. The molecule has 5 heteroatoms. The van der Waals surface area contributed by atoms with Gasteiger partial charge in [-0.2, -0.15) is 0 Å². The van der Waals surface area contributed by atoms with Crippen molar-refractivity contribution in [3.05, 3.63) is 0 Å². The lowest BCUT2D eigenvalue weighted by atomic mass is 10.1. The number of nitrogens with two attached hydrogens (primary N) is 1. The summed E-state index contributed by atoms with van der Waals surface area (Å²) in [7, 11) is 0. The van der Waals surface area contributed by atoms with Crippen molar-refractivity contribution >= 4 is 22.8 Å². The van der Waals surface area contributed by atoms with Crippen LogP contribution in [0.1, 0.15) is 13.8 Å². The van der Waals surface area contributed by atoms with E-state index < -0.39 is 5.91 Å². The minimum Gasteiger partial charge on any atom is -0.368 e. The van der Waals surface area contributed by atoms with Gasteiger partial charge in [0.2, 0.25) is 5.91 Å². The molecule has 12 heavy (non-hydrogen) atoms. The van der Waals surface area contributed by atoms with Crippen molar-refractivity contribution in [1.29, 1.82) is 0 Å². The Labute approximate surface area is 76.0 Å². The minimum atomic E-state index is -0.394. The van der Waals surface area contributed by atoms with Gasteiger partial charge in [0.1, 0.15) is 6.54 Å². The van der Waals surface area contributed by atoms with Gasteiger partial charge in [-0.3, -0.25) is 9.79 Å². The SMILES string of the molecule is CC1(C)CSC(=NCC(N)=O)N1. The number of hydrogen-bond acceptors (Lipinski definition) is 3. The van der Waals surface area contributed by atoms with E-state index in [4.69, 9.17) is 5.73 Å². The van der Waals surface area contributed by atoms with E-state index in [0.29, 0.717) is 0 Å². The van der Waals surface area contributed by atoms with Crippen LogP contribution in [0.15, 0.2) is 4.99 Å². The van der Waals surface area contributed by atoms with Crippen LogP contribution in [0.2, 0.25) is 0 Å². The molecule has 0 unspecified atom stereocenters. The number of thioether (sulfide) groups is 1. The van der Waals surface area contributed by atoms with E-state index >= 15 is 0 Å². The Morgan fingerprint density at radius 1 is 1.83 bits per heavy atom. The van der Waals surface area contributed by atoms with E-state index in [9.17, 15) is 4.79 Å². The Hall–Kier alpha value is -0.710. The van der Waals surface area contributed by atoms with Crippen LogP contribution in [-0.2, 0) is 4.79 Å². The molecule has 0 atom stereocenters. The van der Waals surface area contributed by atoms with Gasteiger partial charge in [0.15, 0.2) is 5.17 Å². The fourth-order valence-electron chi connectivity index (χ4n) is 0.845. The number of rotatable bonds is 2. The highest BCUT2D eigenvalue weighted by atomic mass is 32.2. The molecule has 0 radical (unpaired) electrons. The second-order valence-corrected chi connectivity index (χ2v) is 4.35. The predicted octanol–water partition coefficient (Wildman–Crippen LogP) is -0.0573. The Morgan fingerprint density at radius 3 is 2.92 bits per heavy atom. The molecule has 0 aromatic rings. The van der Waals surface area contributed by atoms with Crippen LogP contribution in [0, 0.1) is 0 Å². The van der Waals surface area contributed by atoms with Gasteiger partial charge in [-0.15, -0.1) is 0 Å². The van der Waals surface area contributed by atoms with E-state index in [1.54, 1.807) is 11.8 Å². The predicted molar refractivity (Wildman–Crippen MR) is 51.2 cm³/mol. The highest BCUT2D eigenvalue weighted by Gasteiger charge is 2.27. The fourth-order valence-corrected chi connectivity index (χ4v) is 1.92. The Morgan fingerprint density at radius 2 is 2.50 bits per heavy atom. The van der Waals surface area contributed by atoms with E-state index in [0.717, 1.165) is 10.9 Å². The van der Waals surface area contributed by atoms with Crippen molar-refractivity contribution in [1.82, 2.24) is 5.32 Å². The standard InChI is InChI=1S/C7H13N3OS/c1-7(2)4-12-6(10-7)9-3-5(8)11/h3-4H2,1-2H3,(H2,8,11)(H,9,10). The molecule has 0 aromatic carbocycles. The molecule has 0 saturated carbocycles. The van der Waals surface area contributed by atoms with Crippen molar-refractivity contribution in [3.63, 3.8) is 0 Å². The molecule has 3 N–H and O–H groups in total. The molecule has 0 bridgehead atoms. The zero-order valence-corrected chi connectivity index (χ0v) is 8.07. The molecule has 68 valence electrons. The van der Waals surface area contributed by atoms with Crippen LogP contribution in [0.4, 0.5) is 0 Å². The summed E-state index contributed by atoms with van der Waals surface area (Å²) in [5.41, 5.74) is 5.04. The molecule has 1 heterocycles. The van der Waals surface area contributed by atoms with Gasteiger partial charge in [-0.25, -0.2) is 0 Å². The van der Waals surface area contributed by atoms with Gasteiger partial charge < -0.3 is 11.1 Å². The van der Waals surface area contributed by atoms with Crippen LogP contribution in [0.3, 0.4) is 0 Å². The molecular weight excluding hydrogens is 174 g/mol. The summed E-state index contributed by atoms with van der Waals surface area (Å²) in [5, 5.41) is 4.01. The second-order valence-electron chi connectivity index (χ2n) is 3.39. The first kappa shape index (κ1) is 9.38. The molecule has 1 amide bonds. The van der Waals surface area contributed by atoms with Gasteiger partial charge in [0, 0.05) is 11.3 Å². The molecule has 0 spiro atoms. The van der Waals surface area contributed by atoms with Gasteiger partial charge in [-0.05, 0) is 13.8 Å². The van der Waals surface area contributed by atoms with Gasteiger partial charge in [0.25, 0.3) is 0 Å². The molecular formula is C7H13N3OS. The Balaban J connectivity index is 2.46. The van der Waals surface area contributed by atoms with E-state index in [1.807, 2.05) is 0 Å². The third kappa shape index (κ3) is 2.73. The van der Waals surface area contributed by atoms with Gasteiger partial charge in [0.05, 0.1) is 0 Å². The average molecular weight is 187 g/mol. The molecule has 1 aliphatic rings. The number of amidine groups is 1. The number of nitrogens with zero attached hydrogens (tertiary/aromatic N) is 1. The van der Waals surface area contributed by atoms with E-state index in [-0.39, 0.29) is 12.1 Å². The second kappa shape index (κ2) is 3.35. The van der Waals surface area contributed by atoms with Gasteiger partial charge >= 0.3 is 0 Å². The first-order valence-electron chi connectivity index (χ1n) is 3.73. The zero-order valence-electron chi connectivity index (χ0n) is 7.26. The van der Waals surface area contributed by atoms with Crippen molar-refractivity contribution in [3.8, 4) is 0 Å². The molecule has 1 rings (SSSR count). The topological polar surface area (TPSA) is 67.5 Å². The van der Waals surface area contributed by atoms with Crippen molar-refractivity contribution < 1.29 is 4.79 Å². The highest BCUT2D eigenvalue weighted by molar-refractivity contribution is 8.14. The summed E-state index contributed by atoms with van der Waals surface area (Å²) < 4.78 is 0. The number of aliphatic imine (C=N–C) groups is 1. The number of carbonyl (C=O) groups excluding carboxylic acids is 1. The van der Waals surface area contributed by atoms with Crippen LogP contribution in [-0.4, -0.2) is 28.9 Å². The number of primary amides is 1. The summed E-state index contributed by atoms with van der Waals surface area (Å²) in [4.78, 5) is 14.4. The maximum absolute atomic E-state index is 10.4. The molecule has 1 aliphatic heterocycles. The number of amides is 1. The molecule has 0 aliphatic carbocycles. The fraction of sp³-hybridized carbons (Fsp3) is 0.714. The first-order chi connectivity index (χ1) is 5.49. The zero-order chi connectivity index (χ0) is 9.19. The van der Waals surface area contributed by atoms with Crippen molar-refractivity contribution in [2.45, 2.75) is 19.4 Å². The number of hydrogen-bond donors (Lipinski definition) is 2. The van der Waals surface area contributed by atoms with Crippen LogP contribution in [0.25, 0.3) is 0 Å². The molecule has 1 saturated heterocycles. The average Bonchev–Trinajstić information content (AvgIpc) is 2.26. The normalized spacial score (nSPS) is 24.0. The monoisotopic (exact) mass is 187 g/mol. The van der Waals surface area contributed by atoms with Crippen molar-refractivity contribution in [2.24, 2.45) is 10.7 Å². The quantitative estimate of drug-likeness (QED) is 0.636. The smallest absolute Gasteiger partial charge is 0.239 e. The van der Waals surface area contributed by atoms with Crippen LogP contribution < -0.4 is 11.1 Å². The molecule has 1 fully saturated rings. The third-order valence-electron chi connectivity index (χ3n) is 1.39. The number of nitrogens with one attached hydrogen (secondary N) is 1. The maximum Gasteiger partial charge on any atom is 0.239 e. The third-order valence-corrected chi connectivity index (χ3v) is 2.76. The summed E-state index contributed by atoms with van der Waals surface area (Å²) in [6.07, 6.45) is 0. The van der Waals surface area contributed by atoms with E-state index in [1.165, 1.54) is 0 Å². The minimum absolute atomic E-state index is 0.0748. The largest absolute Gasteiger partial charge is 0.368 e. The van der Waals surface area contributed by atoms with Crippen LogP contribution in [0.5, 0.6) is 0 Å².